The maximum absolute atomic E-state index is 10.8. The van der Waals surface area contributed by atoms with Crippen LogP contribution >= 0.6 is 0 Å². The summed E-state index contributed by atoms with van der Waals surface area (Å²) in [5.74, 6) is 0.883. The summed E-state index contributed by atoms with van der Waals surface area (Å²) < 4.78 is 0. The van der Waals surface area contributed by atoms with Gasteiger partial charge in [-0.05, 0) is 18.9 Å². The molecule has 4 nitrogen and oxygen atoms in total. The van der Waals surface area contributed by atoms with Crippen molar-refractivity contribution in [3.05, 3.63) is 39.9 Å². The van der Waals surface area contributed by atoms with E-state index in [9.17, 15) is 10.1 Å². The van der Waals surface area contributed by atoms with Crippen molar-refractivity contribution in [3.8, 4) is 0 Å². The third-order valence-corrected chi connectivity index (χ3v) is 3.46. The van der Waals surface area contributed by atoms with Gasteiger partial charge in [-0.2, -0.15) is 0 Å². The number of para-hydroxylation sites is 1. The Bertz CT molecular complexity index is 389. The van der Waals surface area contributed by atoms with Crippen LogP contribution in [0.2, 0.25) is 0 Å². The van der Waals surface area contributed by atoms with E-state index in [1.54, 1.807) is 12.1 Å². The highest BCUT2D eigenvalue weighted by Crippen LogP contribution is 2.28. The monoisotopic (exact) mass is 234 g/mol. The number of rotatable bonds is 6. The largest absolute Gasteiger partial charge is 0.312 e. The first kappa shape index (κ1) is 12.0. The fourth-order valence-electron chi connectivity index (χ4n) is 2.15. The fourth-order valence-corrected chi connectivity index (χ4v) is 2.15. The lowest BCUT2D eigenvalue weighted by Gasteiger charge is -2.25. The molecule has 1 aliphatic carbocycles. The molecule has 0 spiro atoms. The molecule has 1 aliphatic rings. The highest BCUT2D eigenvalue weighted by atomic mass is 16.6. The van der Waals surface area contributed by atoms with Crippen LogP contribution in [-0.2, 0) is 6.54 Å². The summed E-state index contributed by atoms with van der Waals surface area (Å²) in [4.78, 5) is 10.5. The predicted molar refractivity (Wildman–Crippen MR) is 66.8 cm³/mol. The van der Waals surface area contributed by atoms with Crippen LogP contribution in [0, 0.1) is 16.0 Å². The maximum Gasteiger partial charge on any atom is 0.273 e. The summed E-state index contributed by atoms with van der Waals surface area (Å²) in [7, 11) is 0. The topological polar surface area (TPSA) is 55.2 Å². The van der Waals surface area contributed by atoms with Crippen LogP contribution in [0.5, 0.6) is 0 Å². The fraction of sp³-hybridized carbons (Fsp3) is 0.538. The molecule has 0 aliphatic heterocycles. The molecule has 0 bridgehead atoms. The molecule has 17 heavy (non-hydrogen) atoms. The Morgan fingerprint density at radius 2 is 2.12 bits per heavy atom. The molecule has 92 valence electrons. The minimum absolute atomic E-state index is 0.212. The van der Waals surface area contributed by atoms with Crippen molar-refractivity contribution in [2.24, 2.45) is 5.92 Å². The van der Waals surface area contributed by atoms with Crippen molar-refractivity contribution >= 4 is 5.69 Å². The van der Waals surface area contributed by atoms with Crippen LogP contribution in [0.25, 0.3) is 0 Å². The van der Waals surface area contributed by atoms with Gasteiger partial charge in [-0.3, -0.25) is 10.1 Å². The molecular weight excluding hydrogens is 216 g/mol. The van der Waals surface area contributed by atoms with Gasteiger partial charge in [-0.1, -0.05) is 37.5 Å². The van der Waals surface area contributed by atoms with Crippen LogP contribution < -0.4 is 5.32 Å². The average molecular weight is 234 g/mol. The van der Waals surface area contributed by atoms with Crippen molar-refractivity contribution in [3.63, 3.8) is 0 Å². The third-order valence-electron chi connectivity index (χ3n) is 3.46. The summed E-state index contributed by atoms with van der Waals surface area (Å²) in [5, 5.41) is 14.1. The highest BCUT2D eigenvalue weighted by Gasteiger charge is 2.16. The molecule has 2 rings (SSSR count). The number of nitro benzene ring substituents is 1. The lowest BCUT2D eigenvalue weighted by Crippen LogP contribution is -2.21. The van der Waals surface area contributed by atoms with Crippen molar-refractivity contribution in [1.29, 1.82) is 0 Å². The quantitative estimate of drug-likeness (QED) is 0.468. The van der Waals surface area contributed by atoms with Gasteiger partial charge in [-0.25, -0.2) is 0 Å². The van der Waals surface area contributed by atoms with Gasteiger partial charge in [-0.15, -0.1) is 0 Å². The van der Waals surface area contributed by atoms with E-state index in [2.05, 4.69) is 5.32 Å². The molecule has 1 aromatic rings. The Morgan fingerprint density at radius 3 is 2.76 bits per heavy atom. The van der Waals surface area contributed by atoms with Gasteiger partial charge < -0.3 is 5.32 Å². The number of nitro groups is 1. The summed E-state index contributed by atoms with van der Waals surface area (Å²) in [6.45, 7) is 1.54. The van der Waals surface area contributed by atoms with E-state index in [1.807, 2.05) is 12.1 Å². The van der Waals surface area contributed by atoms with E-state index in [0.29, 0.717) is 6.54 Å². The summed E-state index contributed by atoms with van der Waals surface area (Å²) in [6.07, 6.45) is 5.27. The van der Waals surface area contributed by atoms with E-state index in [-0.39, 0.29) is 10.6 Å². The van der Waals surface area contributed by atoms with Gasteiger partial charge in [0.2, 0.25) is 0 Å². The lowest BCUT2D eigenvalue weighted by atomic mass is 9.83. The minimum atomic E-state index is -0.317. The minimum Gasteiger partial charge on any atom is -0.312 e. The molecule has 0 aromatic heterocycles. The Kier molecular flexibility index (Phi) is 4.09. The first-order valence-corrected chi connectivity index (χ1v) is 6.20. The first-order valence-electron chi connectivity index (χ1n) is 6.20. The number of benzene rings is 1. The van der Waals surface area contributed by atoms with Gasteiger partial charge in [0.25, 0.3) is 5.69 Å². The molecule has 0 unspecified atom stereocenters. The average Bonchev–Trinajstić information content (AvgIpc) is 2.26. The van der Waals surface area contributed by atoms with Gasteiger partial charge >= 0.3 is 0 Å². The zero-order valence-electron chi connectivity index (χ0n) is 9.89. The van der Waals surface area contributed by atoms with Crippen molar-refractivity contribution in [2.75, 3.05) is 6.54 Å². The molecule has 0 atom stereocenters. The number of hydrogen-bond donors (Lipinski definition) is 1. The molecule has 4 heteroatoms. The molecule has 1 N–H and O–H groups in total. The van der Waals surface area contributed by atoms with E-state index in [1.165, 1.54) is 25.7 Å². The Hall–Kier alpha value is -1.42. The van der Waals surface area contributed by atoms with Crippen LogP contribution in [0.15, 0.2) is 24.3 Å². The molecule has 0 heterocycles. The lowest BCUT2D eigenvalue weighted by molar-refractivity contribution is -0.385. The number of hydrogen-bond acceptors (Lipinski definition) is 3. The molecule has 1 saturated carbocycles. The van der Waals surface area contributed by atoms with Crippen molar-refractivity contribution in [1.82, 2.24) is 5.32 Å². The summed E-state index contributed by atoms with van der Waals surface area (Å²) in [6, 6.07) is 6.92. The van der Waals surface area contributed by atoms with Crippen LogP contribution in [-0.4, -0.2) is 11.5 Å². The standard InChI is InChI=1S/C13H18N2O2/c16-15(17)13-7-2-1-6-12(13)10-14-9-8-11-4-3-5-11/h1-2,6-7,11,14H,3-5,8-10H2. The van der Waals surface area contributed by atoms with E-state index < -0.39 is 0 Å². The second-order valence-electron chi connectivity index (χ2n) is 4.65. The first-order chi connectivity index (χ1) is 8.27. The van der Waals surface area contributed by atoms with Crippen LogP contribution in [0.3, 0.4) is 0 Å². The van der Waals surface area contributed by atoms with E-state index >= 15 is 0 Å². The Morgan fingerprint density at radius 1 is 1.35 bits per heavy atom. The van der Waals surface area contributed by atoms with E-state index in [0.717, 1.165) is 18.0 Å². The van der Waals surface area contributed by atoms with Gasteiger partial charge in [0.1, 0.15) is 0 Å². The molecule has 0 saturated heterocycles. The van der Waals surface area contributed by atoms with Gasteiger partial charge in [0, 0.05) is 18.2 Å². The Labute approximate surface area is 101 Å². The number of nitrogens with zero attached hydrogens (tertiary/aromatic N) is 1. The number of nitrogens with one attached hydrogen (secondary N) is 1. The maximum atomic E-state index is 10.8. The van der Waals surface area contributed by atoms with E-state index in [4.69, 9.17) is 0 Å². The zero-order chi connectivity index (χ0) is 12.1. The summed E-state index contributed by atoms with van der Waals surface area (Å²) in [5.41, 5.74) is 0.981. The second kappa shape index (κ2) is 5.77. The molecule has 0 radical (unpaired) electrons. The zero-order valence-corrected chi connectivity index (χ0v) is 9.89. The highest BCUT2D eigenvalue weighted by molar-refractivity contribution is 5.39. The summed E-state index contributed by atoms with van der Waals surface area (Å²) >= 11 is 0. The molecule has 0 amide bonds. The third kappa shape index (κ3) is 3.27. The smallest absolute Gasteiger partial charge is 0.273 e. The normalized spacial score (nSPS) is 15.5. The second-order valence-corrected chi connectivity index (χ2v) is 4.65. The SMILES string of the molecule is O=[N+]([O-])c1ccccc1CNCCC1CCC1. The molecular formula is C13H18N2O2. The molecule has 1 aromatic carbocycles. The van der Waals surface area contributed by atoms with Crippen LogP contribution in [0.1, 0.15) is 31.2 Å². The molecule has 1 fully saturated rings. The Balaban J connectivity index is 1.79. The van der Waals surface area contributed by atoms with Crippen molar-refractivity contribution < 1.29 is 4.92 Å². The van der Waals surface area contributed by atoms with Gasteiger partial charge in [0.15, 0.2) is 0 Å². The predicted octanol–water partition coefficient (Wildman–Crippen LogP) is 2.87. The van der Waals surface area contributed by atoms with Crippen LogP contribution in [0.4, 0.5) is 5.69 Å². The van der Waals surface area contributed by atoms with Crippen molar-refractivity contribution in [2.45, 2.75) is 32.2 Å². The van der Waals surface area contributed by atoms with Gasteiger partial charge in [0.05, 0.1) is 4.92 Å².